The molecule has 2 atom stereocenters. The summed E-state index contributed by atoms with van der Waals surface area (Å²) < 4.78 is 7.88. The zero-order valence-electron chi connectivity index (χ0n) is 14.6. The Bertz CT molecular complexity index is 622. The van der Waals surface area contributed by atoms with Crippen LogP contribution in [0.25, 0.3) is 5.65 Å². The van der Waals surface area contributed by atoms with Crippen molar-refractivity contribution in [3.8, 4) is 5.75 Å². The van der Waals surface area contributed by atoms with Gasteiger partial charge in [0.2, 0.25) is 0 Å². The summed E-state index contributed by atoms with van der Waals surface area (Å²) in [5.74, 6) is 1.81. The second-order valence-corrected chi connectivity index (χ2v) is 5.29. The second-order valence-electron chi connectivity index (χ2n) is 5.29. The Morgan fingerprint density at radius 3 is 2.64 bits per heavy atom. The summed E-state index contributed by atoms with van der Waals surface area (Å²) in [5.41, 5.74) is 2.01. The third kappa shape index (κ3) is 2.64. The zero-order valence-corrected chi connectivity index (χ0v) is 14.6. The van der Waals surface area contributed by atoms with Crippen molar-refractivity contribution in [1.82, 2.24) is 14.6 Å². The number of rotatable bonds is 0. The number of hydrogen-bond acceptors (Lipinski definition) is 4. The molecule has 22 heavy (non-hydrogen) atoms. The Hall–Kier alpha value is -1.78. The largest absolute Gasteiger partial charge is 0.483 e. The fourth-order valence-corrected chi connectivity index (χ4v) is 3.14. The van der Waals surface area contributed by atoms with Crippen LogP contribution in [0.4, 0.5) is 5.82 Å². The van der Waals surface area contributed by atoms with Gasteiger partial charge in [-0.05, 0) is 26.2 Å². The Morgan fingerprint density at radius 2 is 1.91 bits per heavy atom. The Balaban J connectivity index is 0.000000410. The molecule has 1 aliphatic carbocycles. The fourth-order valence-electron chi connectivity index (χ4n) is 3.14. The van der Waals surface area contributed by atoms with Gasteiger partial charge in [0.15, 0.2) is 17.2 Å². The highest BCUT2D eigenvalue weighted by Crippen LogP contribution is 2.39. The van der Waals surface area contributed by atoms with E-state index in [9.17, 15) is 0 Å². The summed E-state index contributed by atoms with van der Waals surface area (Å²) in [7, 11) is 2.12. The highest BCUT2D eigenvalue weighted by atomic mass is 16.5. The molecule has 1 aliphatic heterocycles. The van der Waals surface area contributed by atoms with E-state index >= 15 is 0 Å². The van der Waals surface area contributed by atoms with Crippen LogP contribution in [0, 0.1) is 6.92 Å². The third-order valence-corrected chi connectivity index (χ3v) is 4.14. The SMILES string of the molecule is CC.CC.Cc1cnn2cc3c(nc12)N(C)C1CCCC1O3. The second kappa shape index (κ2) is 6.99. The van der Waals surface area contributed by atoms with E-state index in [1.807, 2.05) is 47.0 Å². The number of aromatic nitrogens is 3. The van der Waals surface area contributed by atoms with E-state index in [2.05, 4.69) is 17.0 Å². The van der Waals surface area contributed by atoms with Crippen molar-refractivity contribution in [2.75, 3.05) is 11.9 Å². The average Bonchev–Trinajstić information content (AvgIpc) is 3.17. The minimum atomic E-state index is 0.318. The molecule has 2 aromatic rings. The number of nitrogens with zero attached hydrogens (tertiary/aromatic N) is 4. The summed E-state index contributed by atoms with van der Waals surface area (Å²) in [6.45, 7) is 10.0. The minimum Gasteiger partial charge on any atom is -0.483 e. The van der Waals surface area contributed by atoms with Crippen LogP contribution in [0.15, 0.2) is 12.4 Å². The first kappa shape index (κ1) is 16.6. The lowest BCUT2D eigenvalue weighted by molar-refractivity contribution is 0.172. The summed E-state index contributed by atoms with van der Waals surface area (Å²) in [6, 6.07) is 0.482. The van der Waals surface area contributed by atoms with E-state index in [1.54, 1.807) is 4.52 Å². The molecule has 1 fully saturated rings. The molecule has 0 saturated heterocycles. The van der Waals surface area contributed by atoms with Crippen molar-refractivity contribution < 1.29 is 4.74 Å². The van der Waals surface area contributed by atoms with Gasteiger partial charge in [0.05, 0.1) is 18.4 Å². The van der Waals surface area contributed by atoms with Crippen molar-refractivity contribution in [2.24, 2.45) is 0 Å². The van der Waals surface area contributed by atoms with Gasteiger partial charge in [-0.15, -0.1) is 0 Å². The first-order valence-corrected chi connectivity index (χ1v) is 8.48. The molecule has 4 rings (SSSR count). The van der Waals surface area contributed by atoms with Gasteiger partial charge in [0.1, 0.15) is 6.10 Å². The molecule has 0 N–H and O–H groups in total. The van der Waals surface area contributed by atoms with Crippen molar-refractivity contribution in [3.63, 3.8) is 0 Å². The maximum absolute atomic E-state index is 6.08. The number of likely N-dealkylation sites (N-methyl/N-ethyl adjacent to an activating group) is 1. The number of fused-ring (bicyclic) bond motifs is 3. The monoisotopic (exact) mass is 304 g/mol. The Labute approximate surface area is 133 Å². The van der Waals surface area contributed by atoms with Gasteiger partial charge in [-0.25, -0.2) is 9.50 Å². The minimum absolute atomic E-state index is 0.318. The zero-order chi connectivity index (χ0) is 16.3. The third-order valence-electron chi connectivity index (χ3n) is 4.14. The predicted octanol–water partition coefficient (Wildman–Crippen LogP) is 3.84. The summed E-state index contributed by atoms with van der Waals surface area (Å²) in [4.78, 5) is 7.00. The van der Waals surface area contributed by atoms with Crippen LogP contribution in [0.2, 0.25) is 0 Å². The molecule has 0 spiro atoms. The standard InChI is InChI=1S/C13H16N4O.2C2H6/c1-8-6-14-17-7-11-13(15-12(8)17)16(2)9-4-3-5-10(9)18-11;2*1-2/h6-7,9-10H,3-5H2,1-2H3;2*1-2H3. The van der Waals surface area contributed by atoms with Gasteiger partial charge in [0, 0.05) is 12.6 Å². The van der Waals surface area contributed by atoms with E-state index in [1.165, 1.54) is 12.8 Å². The molecule has 2 unspecified atom stereocenters. The van der Waals surface area contributed by atoms with Crippen molar-refractivity contribution >= 4 is 11.5 Å². The molecule has 1 saturated carbocycles. The van der Waals surface area contributed by atoms with Crippen LogP contribution in [0.1, 0.15) is 52.5 Å². The van der Waals surface area contributed by atoms with E-state index in [4.69, 9.17) is 9.72 Å². The predicted molar refractivity (Wildman–Crippen MR) is 90.9 cm³/mol. The van der Waals surface area contributed by atoms with Crippen molar-refractivity contribution in [2.45, 2.75) is 66.0 Å². The van der Waals surface area contributed by atoms with Gasteiger partial charge < -0.3 is 9.64 Å². The quantitative estimate of drug-likeness (QED) is 0.741. The fraction of sp³-hybridized carbons (Fsp3) is 0.647. The van der Waals surface area contributed by atoms with Crippen LogP contribution in [0.5, 0.6) is 5.75 Å². The number of anilines is 1. The lowest BCUT2D eigenvalue weighted by Crippen LogP contribution is -2.44. The van der Waals surface area contributed by atoms with Crippen LogP contribution in [-0.4, -0.2) is 33.8 Å². The molecule has 3 heterocycles. The molecule has 2 aliphatic rings. The van der Waals surface area contributed by atoms with E-state index in [0.717, 1.165) is 29.2 Å². The number of ether oxygens (including phenoxy) is 1. The van der Waals surface area contributed by atoms with E-state index in [0.29, 0.717) is 12.1 Å². The highest BCUT2D eigenvalue weighted by Gasteiger charge is 2.38. The normalized spacial score (nSPS) is 21.8. The smallest absolute Gasteiger partial charge is 0.180 e. The molecule has 5 nitrogen and oxygen atoms in total. The molecular formula is C17H28N4O. The molecule has 0 bridgehead atoms. The van der Waals surface area contributed by atoms with Gasteiger partial charge >= 0.3 is 0 Å². The lowest BCUT2D eigenvalue weighted by Gasteiger charge is -2.36. The summed E-state index contributed by atoms with van der Waals surface area (Å²) in [6.07, 6.45) is 7.70. The van der Waals surface area contributed by atoms with Crippen LogP contribution >= 0.6 is 0 Å². The first-order valence-electron chi connectivity index (χ1n) is 8.48. The van der Waals surface area contributed by atoms with Crippen molar-refractivity contribution in [3.05, 3.63) is 18.0 Å². The first-order chi connectivity index (χ1) is 10.7. The van der Waals surface area contributed by atoms with E-state index < -0.39 is 0 Å². The summed E-state index contributed by atoms with van der Waals surface area (Å²) >= 11 is 0. The lowest BCUT2D eigenvalue weighted by atomic mass is 10.1. The van der Waals surface area contributed by atoms with Gasteiger partial charge in [-0.2, -0.15) is 5.10 Å². The molecule has 2 aromatic heterocycles. The van der Waals surface area contributed by atoms with Crippen LogP contribution in [-0.2, 0) is 0 Å². The van der Waals surface area contributed by atoms with Crippen LogP contribution in [0.3, 0.4) is 0 Å². The molecule has 0 aromatic carbocycles. The van der Waals surface area contributed by atoms with Crippen molar-refractivity contribution in [1.29, 1.82) is 0 Å². The molecule has 0 amide bonds. The van der Waals surface area contributed by atoms with E-state index in [-0.39, 0.29) is 0 Å². The molecule has 122 valence electrons. The Morgan fingerprint density at radius 1 is 1.18 bits per heavy atom. The maximum atomic E-state index is 6.08. The molecule has 5 heteroatoms. The highest BCUT2D eigenvalue weighted by molar-refractivity contribution is 5.61. The number of aryl methyl sites for hydroxylation is 1. The topological polar surface area (TPSA) is 42.7 Å². The molecular weight excluding hydrogens is 276 g/mol. The number of hydrogen-bond donors (Lipinski definition) is 0. The molecule has 0 radical (unpaired) electrons. The van der Waals surface area contributed by atoms with Gasteiger partial charge in [-0.1, -0.05) is 27.7 Å². The average molecular weight is 304 g/mol. The van der Waals surface area contributed by atoms with Gasteiger partial charge in [0.25, 0.3) is 0 Å². The van der Waals surface area contributed by atoms with Crippen LogP contribution < -0.4 is 9.64 Å². The maximum Gasteiger partial charge on any atom is 0.180 e. The summed E-state index contributed by atoms with van der Waals surface area (Å²) in [5, 5.41) is 4.29. The van der Waals surface area contributed by atoms with Gasteiger partial charge in [-0.3, -0.25) is 0 Å². The Kier molecular flexibility index (Phi) is 5.27.